The highest BCUT2D eigenvalue weighted by Crippen LogP contribution is 2.31. The summed E-state index contributed by atoms with van der Waals surface area (Å²) in [6.07, 6.45) is 8.66. The number of thioether (sulfide) groups is 1. The number of rotatable bonds is 8. The Hall–Kier alpha value is -3.17. The largest absolute Gasteiger partial charge is 0.357 e. The van der Waals surface area contributed by atoms with Crippen molar-refractivity contribution in [1.82, 2.24) is 14.9 Å². The second kappa shape index (κ2) is 11.1. The maximum Gasteiger partial charge on any atom is 0.253 e. The first-order valence-electron chi connectivity index (χ1n) is 10.7. The highest BCUT2D eigenvalue weighted by Gasteiger charge is 2.25. The minimum absolute atomic E-state index is 0.00386. The van der Waals surface area contributed by atoms with Crippen molar-refractivity contribution >= 4 is 45.7 Å². The summed E-state index contributed by atoms with van der Waals surface area (Å²) in [5, 5.41) is 7.08. The Balaban J connectivity index is 1.30. The molecule has 2 N–H and O–H groups in total. The number of piperidine rings is 1. The van der Waals surface area contributed by atoms with E-state index in [9.17, 15) is 9.59 Å². The van der Waals surface area contributed by atoms with Gasteiger partial charge in [0.05, 0.1) is 10.4 Å². The summed E-state index contributed by atoms with van der Waals surface area (Å²) in [4.78, 5) is 34.9. The van der Waals surface area contributed by atoms with E-state index in [0.29, 0.717) is 17.8 Å². The van der Waals surface area contributed by atoms with Crippen molar-refractivity contribution in [2.24, 2.45) is 0 Å². The number of amides is 2. The van der Waals surface area contributed by atoms with Crippen LogP contribution in [-0.2, 0) is 10.5 Å². The summed E-state index contributed by atoms with van der Waals surface area (Å²) in [6, 6.07) is 11.1. The van der Waals surface area contributed by atoms with E-state index < -0.39 is 0 Å². The van der Waals surface area contributed by atoms with Gasteiger partial charge < -0.3 is 15.5 Å². The molecule has 2 aromatic heterocycles. The van der Waals surface area contributed by atoms with Gasteiger partial charge in [0, 0.05) is 48.5 Å². The summed E-state index contributed by atoms with van der Waals surface area (Å²) in [6.45, 7) is 4.80. The van der Waals surface area contributed by atoms with Crippen molar-refractivity contribution in [1.29, 1.82) is 0 Å². The van der Waals surface area contributed by atoms with E-state index in [-0.39, 0.29) is 17.9 Å². The van der Waals surface area contributed by atoms with Crippen LogP contribution in [-0.4, -0.2) is 45.8 Å². The molecule has 1 aliphatic heterocycles. The van der Waals surface area contributed by atoms with Gasteiger partial charge in [-0.1, -0.05) is 17.9 Å². The third-order valence-corrected chi connectivity index (χ3v) is 7.43. The van der Waals surface area contributed by atoms with Crippen molar-refractivity contribution in [3.8, 4) is 0 Å². The second-order valence-corrected chi connectivity index (χ2v) is 9.94. The molecule has 0 radical (unpaired) electrons. The first-order chi connectivity index (χ1) is 16.1. The summed E-state index contributed by atoms with van der Waals surface area (Å²) >= 11 is 3.40. The van der Waals surface area contributed by atoms with Gasteiger partial charge in [-0.05, 0) is 60.9 Å². The first-order valence-corrected chi connectivity index (χ1v) is 12.5. The molecule has 0 unspecified atom stereocenters. The monoisotopic (exact) mass is 479 g/mol. The fourth-order valence-electron chi connectivity index (χ4n) is 3.55. The maximum absolute atomic E-state index is 13.0. The van der Waals surface area contributed by atoms with E-state index in [1.165, 1.54) is 11.6 Å². The lowest BCUT2D eigenvalue weighted by molar-refractivity contribution is -0.111. The van der Waals surface area contributed by atoms with Gasteiger partial charge in [-0.3, -0.25) is 14.6 Å². The Labute approximate surface area is 201 Å². The molecule has 1 fully saturated rings. The lowest BCUT2D eigenvalue weighted by Crippen LogP contribution is -2.45. The summed E-state index contributed by atoms with van der Waals surface area (Å²) in [5.74, 6) is 0.599. The van der Waals surface area contributed by atoms with Gasteiger partial charge in [0.15, 0.2) is 5.13 Å². The molecule has 7 nitrogen and oxygen atoms in total. The van der Waals surface area contributed by atoms with Crippen molar-refractivity contribution in [3.63, 3.8) is 0 Å². The number of hydrogen-bond acceptors (Lipinski definition) is 7. The zero-order chi connectivity index (χ0) is 23.0. The molecule has 0 spiro atoms. The van der Waals surface area contributed by atoms with E-state index in [1.807, 2.05) is 23.2 Å². The molecule has 1 aromatic carbocycles. The van der Waals surface area contributed by atoms with Gasteiger partial charge in [-0.2, -0.15) is 0 Å². The molecule has 33 heavy (non-hydrogen) atoms. The van der Waals surface area contributed by atoms with Crippen LogP contribution in [0.1, 0.15) is 28.8 Å². The van der Waals surface area contributed by atoms with Crippen molar-refractivity contribution in [2.45, 2.75) is 28.8 Å². The van der Waals surface area contributed by atoms with Crippen LogP contribution in [0.3, 0.4) is 0 Å². The highest BCUT2D eigenvalue weighted by molar-refractivity contribution is 8.00. The normalized spacial score (nSPS) is 15.6. The quantitative estimate of drug-likeness (QED) is 0.361. The van der Waals surface area contributed by atoms with Gasteiger partial charge in [0.2, 0.25) is 5.91 Å². The number of hydrogen-bond donors (Lipinski definition) is 2. The highest BCUT2D eigenvalue weighted by atomic mass is 32.2. The topological polar surface area (TPSA) is 87.2 Å². The predicted molar refractivity (Wildman–Crippen MR) is 134 cm³/mol. The molecule has 0 aliphatic carbocycles. The zero-order valence-electron chi connectivity index (χ0n) is 18.1. The molecule has 3 aromatic rings. The molecule has 4 rings (SSSR count). The molecule has 9 heteroatoms. The van der Waals surface area contributed by atoms with Crippen molar-refractivity contribution in [3.05, 3.63) is 78.8 Å². The molecule has 1 saturated heterocycles. The van der Waals surface area contributed by atoms with Gasteiger partial charge in [-0.25, -0.2) is 4.98 Å². The molecule has 2 amide bonds. The molecule has 1 atom stereocenters. The average Bonchev–Trinajstić information content (AvgIpc) is 3.30. The van der Waals surface area contributed by atoms with E-state index in [2.05, 4.69) is 27.2 Å². The fraction of sp³-hybridized carbons (Fsp3) is 0.250. The molecule has 3 heterocycles. The average molecular weight is 480 g/mol. The molecule has 0 bridgehead atoms. The Morgan fingerprint density at radius 2 is 2.00 bits per heavy atom. The van der Waals surface area contributed by atoms with E-state index >= 15 is 0 Å². The number of aromatic nitrogens is 2. The van der Waals surface area contributed by atoms with Gasteiger partial charge in [-0.15, -0.1) is 11.8 Å². The predicted octanol–water partition coefficient (Wildman–Crippen LogP) is 4.67. The first kappa shape index (κ1) is 23.0. The minimum Gasteiger partial charge on any atom is -0.357 e. The second-order valence-electron chi connectivity index (χ2n) is 7.63. The van der Waals surface area contributed by atoms with Crippen LogP contribution >= 0.6 is 23.1 Å². The van der Waals surface area contributed by atoms with Crippen molar-refractivity contribution < 1.29 is 9.59 Å². The van der Waals surface area contributed by atoms with Crippen LogP contribution in [0.4, 0.5) is 10.8 Å². The molecular weight excluding hydrogens is 454 g/mol. The molecule has 0 saturated carbocycles. The fourth-order valence-corrected chi connectivity index (χ4v) is 5.46. The molecule has 1 aliphatic rings. The van der Waals surface area contributed by atoms with E-state index in [0.717, 1.165) is 34.5 Å². The van der Waals surface area contributed by atoms with Gasteiger partial charge in [0.1, 0.15) is 0 Å². The number of likely N-dealkylation sites (tertiary alicyclic amines) is 1. The third kappa shape index (κ3) is 6.43. The third-order valence-electron chi connectivity index (χ3n) is 5.24. The Morgan fingerprint density at radius 1 is 1.21 bits per heavy atom. The van der Waals surface area contributed by atoms with Crippen LogP contribution < -0.4 is 10.6 Å². The summed E-state index contributed by atoms with van der Waals surface area (Å²) in [5.41, 5.74) is 2.47. The number of thiazole rings is 1. The minimum atomic E-state index is -0.278. The summed E-state index contributed by atoms with van der Waals surface area (Å²) in [7, 11) is 0. The van der Waals surface area contributed by atoms with Crippen LogP contribution in [0.15, 0.2) is 71.9 Å². The van der Waals surface area contributed by atoms with Crippen LogP contribution in [0.2, 0.25) is 0 Å². The van der Waals surface area contributed by atoms with Crippen molar-refractivity contribution in [2.75, 3.05) is 23.7 Å². The lowest BCUT2D eigenvalue weighted by atomic mass is 10.0. The van der Waals surface area contributed by atoms with E-state index in [1.54, 1.807) is 59.8 Å². The van der Waals surface area contributed by atoms with Gasteiger partial charge in [0.25, 0.3) is 5.91 Å². The smallest absolute Gasteiger partial charge is 0.253 e. The molecular formula is C24H25N5O2S2. The van der Waals surface area contributed by atoms with E-state index in [4.69, 9.17) is 0 Å². The number of nitrogens with zero attached hydrogens (tertiary/aromatic N) is 3. The number of carbonyl (C=O) groups is 2. The number of anilines is 2. The lowest BCUT2D eigenvalue weighted by Gasteiger charge is -2.33. The number of nitrogens with one attached hydrogen (secondary N) is 2. The summed E-state index contributed by atoms with van der Waals surface area (Å²) < 4.78 is 1.15. The number of benzene rings is 1. The Kier molecular flexibility index (Phi) is 7.74. The zero-order valence-corrected chi connectivity index (χ0v) is 19.7. The Morgan fingerprint density at radius 3 is 2.76 bits per heavy atom. The SMILES string of the molecule is C=CC(=O)Nc1ccc(C(=O)N2CCC[C@@H](Nc3ncc(SCc4ccncc4)s3)C2)cc1. The maximum atomic E-state index is 13.0. The number of pyridine rings is 1. The van der Waals surface area contributed by atoms with Gasteiger partial charge >= 0.3 is 0 Å². The Bertz CT molecular complexity index is 1100. The molecule has 170 valence electrons. The van der Waals surface area contributed by atoms with Crippen LogP contribution in [0.25, 0.3) is 0 Å². The van der Waals surface area contributed by atoms with Crippen LogP contribution in [0.5, 0.6) is 0 Å². The number of carbonyl (C=O) groups excluding carboxylic acids is 2. The standard InChI is InChI=1S/C24H25N5O2S2/c1-2-21(30)27-19-7-5-18(6-8-19)23(31)29-13-3-4-20(15-29)28-24-26-14-22(33-24)32-16-17-9-11-25-12-10-17/h2,5-12,14,20H,1,3-4,13,15-16H2,(H,26,28)(H,27,30)/t20-/m1/s1. The van der Waals surface area contributed by atoms with Crippen LogP contribution in [0, 0.1) is 0 Å².